The summed E-state index contributed by atoms with van der Waals surface area (Å²) in [4.78, 5) is 29.0. The fourth-order valence-corrected chi connectivity index (χ4v) is 8.36. The number of nitrogens with zero attached hydrogens (tertiary/aromatic N) is 2. The van der Waals surface area contributed by atoms with Gasteiger partial charge in [-0.15, -0.1) is 0 Å². The van der Waals surface area contributed by atoms with Gasteiger partial charge in [0.2, 0.25) is 0 Å². The smallest absolute Gasteiger partial charge is 0.331 e. The summed E-state index contributed by atoms with van der Waals surface area (Å²) in [6.07, 6.45) is 3.74. The molecule has 0 radical (unpaired) electrons. The predicted octanol–water partition coefficient (Wildman–Crippen LogP) is 4.19. The second kappa shape index (κ2) is 13.2. The van der Waals surface area contributed by atoms with Crippen LogP contribution in [0.1, 0.15) is 61.2 Å². The molecule has 6 rings (SSSR count). The van der Waals surface area contributed by atoms with Gasteiger partial charge in [0.25, 0.3) is 0 Å². The predicted molar refractivity (Wildman–Crippen MR) is 172 cm³/mol. The average Bonchev–Trinajstić information content (AvgIpc) is 3.40. The van der Waals surface area contributed by atoms with Gasteiger partial charge in [0, 0.05) is 48.9 Å². The summed E-state index contributed by atoms with van der Waals surface area (Å²) in [6.45, 7) is 5.38. The summed E-state index contributed by atoms with van der Waals surface area (Å²) < 4.78 is 19.4. The summed E-state index contributed by atoms with van der Waals surface area (Å²) in [6, 6.07) is 11.3. The number of benzene rings is 2. The highest BCUT2D eigenvalue weighted by Crippen LogP contribution is 2.51. The molecular weight excluding hydrogens is 588 g/mol. The fraction of sp³-hybridized carbons (Fsp3) is 0.500. The third-order valence-corrected chi connectivity index (χ3v) is 10.3. The van der Waals surface area contributed by atoms with Gasteiger partial charge in [0.1, 0.15) is 18.8 Å². The molecule has 3 N–H and O–H groups in total. The molecule has 246 valence electrons. The van der Waals surface area contributed by atoms with Crippen molar-refractivity contribution in [2.75, 3.05) is 33.9 Å². The standard InChI is InChI=1S/C36H44N2O8/c1-20(2)38-27-13-22(18-39)5-8-24(27)25-11-12-37-17-23-15-32(46-33(43)10-7-21-6-9-29(41)31(14-21)44-3)36(45-4)34(30(42)19-40)26(23)16-28(37)35(25)38/h5-10,13-14,20,23,26,28,32,34,36,39-41H,11-12,15-19H2,1-4H3/b10-7+/t23-,26+,28-,32-,34-,36+/m1/s1. The van der Waals surface area contributed by atoms with E-state index in [4.69, 9.17) is 14.2 Å². The highest BCUT2D eigenvalue weighted by molar-refractivity contribution is 5.88. The number of phenols is 1. The summed E-state index contributed by atoms with van der Waals surface area (Å²) in [5, 5.41) is 31.0. The molecule has 1 saturated carbocycles. The Morgan fingerprint density at radius 1 is 1.09 bits per heavy atom. The molecule has 3 aliphatic rings. The van der Waals surface area contributed by atoms with E-state index in [2.05, 4.69) is 35.4 Å². The van der Waals surface area contributed by atoms with Gasteiger partial charge >= 0.3 is 5.97 Å². The zero-order chi connectivity index (χ0) is 32.7. The van der Waals surface area contributed by atoms with Crippen molar-refractivity contribution in [2.45, 2.75) is 64.0 Å². The van der Waals surface area contributed by atoms with E-state index >= 15 is 0 Å². The van der Waals surface area contributed by atoms with Gasteiger partial charge in [0.15, 0.2) is 17.3 Å². The van der Waals surface area contributed by atoms with E-state index in [0.717, 1.165) is 37.0 Å². The second-order valence-electron chi connectivity index (χ2n) is 13.1. The zero-order valence-electron chi connectivity index (χ0n) is 26.9. The normalized spacial score (nSPS) is 26.2. The van der Waals surface area contributed by atoms with Crippen molar-refractivity contribution in [2.24, 2.45) is 17.8 Å². The van der Waals surface area contributed by atoms with Crippen LogP contribution in [-0.4, -0.2) is 82.7 Å². The van der Waals surface area contributed by atoms with Gasteiger partial charge in [-0.05, 0) is 85.9 Å². The Morgan fingerprint density at radius 2 is 1.89 bits per heavy atom. The molecule has 0 spiro atoms. The number of ketones is 1. The van der Waals surface area contributed by atoms with Gasteiger partial charge in [-0.2, -0.15) is 0 Å². The number of hydrogen-bond acceptors (Lipinski definition) is 9. The number of phenolic OH excluding ortho intramolecular Hbond substituents is 1. The van der Waals surface area contributed by atoms with E-state index in [0.29, 0.717) is 17.7 Å². The first-order valence-corrected chi connectivity index (χ1v) is 16.1. The summed E-state index contributed by atoms with van der Waals surface area (Å²) >= 11 is 0. The SMILES string of the molecule is COc1cc(/C=C/C(=O)O[C@@H]2C[C@@H]3CN4CCc5c(n(C(C)C)c6cc(CO)ccc56)[C@H]4C[C@@H]3[C@H](C(=O)CO)[C@H]2OC)ccc1O. The molecule has 10 nitrogen and oxygen atoms in total. The topological polar surface area (TPSA) is 131 Å². The van der Waals surface area contributed by atoms with Crippen LogP contribution in [0.15, 0.2) is 42.5 Å². The van der Waals surface area contributed by atoms with Crippen LogP contribution >= 0.6 is 0 Å². The summed E-state index contributed by atoms with van der Waals surface area (Å²) in [7, 11) is 2.99. The number of methoxy groups -OCH3 is 2. The van der Waals surface area contributed by atoms with E-state index in [-0.39, 0.29) is 42.1 Å². The van der Waals surface area contributed by atoms with Gasteiger partial charge < -0.3 is 34.1 Å². The highest BCUT2D eigenvalue weighted by Gasteiger charge is 2.53. The zero-order valence-corrected chi connectivity index (χ0v) is 26.9. The second-order valence-corrected chi connectivity index (χ2v) is 13.1. The molecule has 3 aromatic rings. The molecule has 0 unspecified atom stereocenters. The monoisotopic (exact) mass is 632 g/mol. The Balaban J connectivity index is 1.29. The number of aliphatic hydroxyl groups is 2. The minimum absolute atomic E-state index is 0.00248. The molecule has 2 aromatic carbocycles. The first-order valence-electron chi connectivity index (χ1n) is 16.1. The third-order valence-electron chi connectivity index (χ3n) is 10.3. The lowest BCUT2D eigenvalue weighted by Crippen LogP contribution is -2.58. The van der Waals surface area contributed by atoms with Crippen molar-refractivity contribution < 1.29 is 39.1 Å². The van der Waals surface area contributed by atoms with E-state index in [9.17, 15) is 24.9 Å². The molecular formula is C36H44N2O8. The van der Waals surface area contributed by atoms with Crippen molar-refractivity contribution in [3.05, 3.63) is 64.9 Å². The minimum atomic E-state index is -0.690. The van der Waals surface area contributed by atoms with Crippen molar-refractivity contribution in [1.29, 1.82) is 0 Å². The molecule has 6 atom stereocenters. The quantitative estimate of drug-likeness (QED) is 0.235. The number of esters is 1. The number of piperidine rings is 1. The van der Waals surface area contributed by atoms with Crippen molar-refractivity contribution in [3.8, 4) is 11.5 Å². The highest BCUT2D eigenvalue weighted by atomic mass is 16.6. The van der Waals surface area contributed by atoms with E-state index < -0.39 is 30.7 Å². The molecule has 2 aliphatic heterocycles. The Kier molecular flexibility index (Phi) is 9.25. The number of aromatic hydroxyl groups is 1. The Labute approximate surface area is 269 Å². The molecule has 1 aliphatic carbocycles. The first kappa shape index (κ1) is 32.2. The number of aromatic nitrogens is 1. The molecule has 0 amide bonds. The van der Waals surface area contributed by atoms with Crippen molar-refractivity contribution in [1.82, 2.24) is 9.47 Å². The van der Waals surface area contributed by atoms with Gasteiger partial charge in [0.05, 0.1) is 25.7 Å². The fourth-order valence-electron chi connectivity index (χ4n) is 8.36. The Hall–Kier alpha value is -3.70. The van der Waals surface area contributed by atoms with Crippen LogP contribution in [0.2, 0.25) is 0 Å². The lowest BCUT2D eigenvalue weighted by atomic mass is 9.62. The largest absolute Gasteiger partial charge is 0.504 e. The average molecular weight is 633 g/mol. The minimum Gasteiger partial charge on any atom is -0.504 e. The number of rotatable bonds is 9. The van der Waals surface area contributed by atoms with E-state index in [1.807, 2.05) is 6.07 Å². The van der Waals surface area contributed by atoms with E-state index in [1.54, 1.807) is 18.2 Å². The number of hydrogen-bond donors (Lipinski definition) is 3. The molecule has 2 fully saturated rings. The van der Waals surface area contributed by atoms with Crippen molar-refractivity contribution in [3.63, 3.8) is 0 Å². The maximum absolute atomic E-state index is 13.5. The summed E-state index contributed by atoms with van der Waals surface area (Å²) in [5.74, 6) is -1.17. The van der Waals surface area contributed by atoms with Crippen LogP contribution in [0.3, 0.4) is 0 Å². The van der Waals surface area contributed by atoms with Crippen molar-refractivity contribution >= 4 is 28.7 Å². The van der Waals surface area contributed by atoms with E-state index in [1.165, 1.54) is 43.0 Å². The summed E-state index contributed by atoms with van der Waals surface area (Å²) in [5.41, 5.74) is 5.27. The van der Waals surface area contributed by atoms with Crippen LogP contribution in [0.4, 0.5) is 0 Å². The van der Waals surface area contributed by atoms with Gasteiger partial charge in [-0.25, -0.2) is 4.79 Å². The number of carbonyl (C=O) groups is 2. The maximum atomic E-state index is 13.5. The number of carbonyl (C=O) groups excluding carboxylic acids is 2. The number of fused-ring (bicyclic) bond motifs is 6. The molecule has 0 bridgehead atoms. The van der Waals surface area contributed by atoms with Gasteiger partial charge in [-0.1, -0.05) is 18.2 Å². The number of ether oxygens (including phenoxy) is 3. The third kappa shape index (κ3) is 5.72. The lowest BCUT2D eigenvalue weighted by Gasteiger charge is -2.53. The van der Waals surface area contributed by atoms with Gasteiger partial charge in [-0.3, -0.25) is 9.69 Å². The van der Waals surface area contributed by atoms with Crippen LogP contribution in [0, 0.1) is 17.8 Å². The maximum Gasteiger partial charge on any atom is 0.331 e. The number of aliphatic hydroxyl groups excluding tert-OH is 2. The Bertz CT molecular complexity index is 1640. The molecule has 46 heavy (non-hydrogen) atoms. The van der Waals surface area contributed by atoms with Crippen LogP contribution in [0.25, 0.3) is 17.0 Å². The van der Waals surface area contributed by atoms with Crippen LogP contribution in [0.5, 0.6) is 11.5 Å². The van der Waals surface area contributed by atoms with Crippen LogP contribution in [-0.2, 0) is 32.1 Å². The Morgan fingerprint density at radius 3 is 2.59 bits per heavy atom. The first-order chi connectivity index (χ1) is 22.2. The molecule has 1 aromatic heterocycles. The molecule has 10 heteroatoms. The number of Topliss-reactive ketones (excluding diaryl/α,β-unsaturated/α-hetero) is 1. The lowest BCUT2D eigenvalue weighted by molar-refractivity contribution is -0.177. The molecule has 1 saturated heterocycles. The molecule has 3 heterocycles. The van der Waals surface area contributed by atoms with Crippen LogP contribution < -0.4 is 4.74 Å².